The fourth-order valence-corrected chi connectivity index (χ4v) is 4.41. The van der Waals surface area contributed by atoms with Crippen LogP contribution >= 0.6 is 23.2 Å². The quantitative estimate of drug-likeness (QED) is 0.339. The van der Waals surface area contributed by atoms with Crippen molar-refractivity contribution in [2.24, 2.45) is 0 Å². The molecule has 0 aliphatic heterocycles. The Kier molecular flexibility index (Phi) is 5.70. The lowest BCUT2D eigenvalue weighted by Gasteiger charge is -2.14. The molecule has 0 amide bonds. The van der Waals surface area contributed by atoms with E-state index in [0.29, 0.717) is 43.1 Å². The molecule has 8 nitrogen and oxygen atoms in total. The average Bonchev–Trinajstić information content (AvgIpc) is 2.81. The van der Waals surface area contributed by atoms with Gasteiger partial charge in [-0.3, -0.25) is 13.9 Å². The molecule has 0 N–H and O–H groups in total. The third kappa shape index (κ3) is 4.34. The molecular formula is C25H16Cl2N2O6. The number of rotatable bonds is 4. The van der Waals surface area contributed by atoms with Crippen LogP contribution in [0.1, 0.15) is 16.7 Å². The van der Waals surface area contributed by atoms with Crippen LogP contribution in [-0.4, -0.2) is 9.13 Å². The first-order valence-corrected chi connectivity index (χ1v) is 11.2. The highest BCUT2D eigenvalue weighted by Gasteiger charge is 2.15. The lowest BCUT2D eigenvalue weighted by Crippen LogP contribution is -2.41. The van der Waals surface area contributed by atoms with E-state index in [9.17, 15) is 19.2 Å². The first kappa shape index (κ1) is 22.9. The Morgan fingerprint density at radius 3 is 1.80 bits per heavy atom. The molecule has 0 aliphatic rings. The van der Waals surface area contributed by atoms with Crippen LogP contribution in [0.2, 0.25) is 10.0 Å². The van der Waals surface area contributed by atoms with Gasteiger partial charge in [0.2, 0.25) is 0 Å². The van der Waals surface area contributed by atoms with Crippen LogP contribution in [0.5, 0.6) is 0 Å². The minimum Gasteiger partial charge on any atom is -0.423 e. The Morgan fingerprint density at radius 2 is 1.26 bits per heavy atom. The van der Waals surface area contributed by atoms with Crippen LogP contribution < -0.4 is 22.5 Å². The molecule has 3 aromatic heterocycles. The summed E-state index contributed by atoms with van der Waals surface area (Å²) >= 11 is 12.2. The molecule has 0 saturated carbocycles. The highest BCUT2D eigenvalue weighted by Crippen LogP contribution is 2.23. The number of benzene rings is 2. The normalized spacial score (nSPS) is 11.4. The van der Waals surface area contributed by atoms with Crippen molar-refractivity contribution in [1.29, 1.82) is 0 Å². The molecule has 5 rings (SSSR count). The minimum atomic E-state index is -0.618. The molecule has 0 atom stereocenters. The second kappa shape index (κ2) is 8.72. The van der Waals surface area contributed by atoms with Crippen molar-refractivity contribution in [2.45, 2.75) is 20.0 Å². The summed E-state index contributed by atoms with van der Waals surface area (Å²) in [6.07, 6.45) is 1.43. The van der Waals surface area contributed by atoms with E-state index in [4.69, 9.17) is 32.0 Å². The van der Waals surface area contributed by atoms with Gasteiger partial charge in [0.1, 0.15) is 11.2 Å². The molecule has 0 unspecified atom stereocenters. The highest BCUT2D eigenvalue weighted by molar-refractivity contribution is 6.31. The zero-order valence-electron chi connectivity index (χ0n) is 18.2. The van der Waals surface area contributed by atoms with Crippen molar-refractivity contribution in [1.82, 2.24) is 9.13 Å². The van der Waals surface area contributed by atoms with Crippen molar-refractivity contribution in [3.05, 3.63) is 123 Å². The predicted molar refractivity (Wildman–Crippen MR) is 133 cm³/mol. The van der Waals surface area contributed by atoms with Gasteiger partial charge in [-0.25, -0.2) is 14.4 Å². The Hall–Kier alpha value is -3.88. The summed E-state index contributed by atoms with van der Waals surface area (Å²) in [5.74, 6) is 0. The fraction of sp³-hybridized carbons (Fsp3) is 0.120. The summed E-state index contributed by atoms with van der Waals surface area (Å²) in [5.41, 5.74) is -0.479. The third-order valence-corrected chi connectivity index (χ3v) is 6.13. The molecule has 176 valence electrons. The lowest BCUT2D eigenvalue weighted by atomic mass is 10.1. The van der Waals surface area contributed by atoms with Crippen molar-refractivity contribution >= 4 is 45.1 Å². The first-order chi connectivity index (χ1) is 16.7. The van der Waals surface area contributed by atoms with Gasteiger partial charge in [-0.05, 0) is 54.4 Å². The number of halogens is 2. The summed E-state index contributed by atoms with van der Waals surface area (Å²) in [7, 11) is 0. The van der Waals surface area contributed by atoms with Gasteiger partial charge in [0.25, 0.3) is 5.56 Å². The second-order valence-corrected chi connectivity index (χ2v) is 8.95. The number of nitrogens with zero attached hydrogens (tertiary/aromatic N) is 2. The number of aryl methyl sites for hydroxylation is 1. The van der Waals surface area contributed by atoms with Crippen LogP contribution in [0.3, 0.4) is 0 Å². The molecule has 3 heterocycles. The Labute approximate surface area is 206 Å². The molecule has 0 radical (unpaired) electrons. The smallest absolute Gasteiger partial charge is 0.336 e. The molecule has 0 saturated heterocycles. The largest absolute Gasteiger partial charge is 0.423 e. The standard InChI is InChI=1S/C25H16Cl2N2O6/c1-13-10-28(11-14-6-22(30)34-20-4-2-16(26)8-18(14)20)25(33)29(24(13)32)12-15-7-23(31)35-21-5-3-17(27)9-19(15)21/h2-10H,11-12H2,1H3. The SMILES string of the molecule is Cc1cn(Cc2cc(=O)oc3ccc(Cl)cc23)c(=O)n(Cc2cc(=O)oc3ccc(Cl)cc23)c1=O. The van der Waals surface area contributed by atoms with Gasteiger partial charge in [0.05, 0.1) is 13.1 Å². The Morgan fingerprint density at radius 1 is 0.743 bits per heavy atom. The van der Waals surface area contributed by atoms with E-state index >= 15 is 0 Å². The van der Waals surface area contributed by atoms with E-state index in [-0.39, 0.29) is 18.7 Å². The first-order valence-electron chi connectivity index (χ1n) is 10.4. The summed E-state index contributed by atoms with van der Waals surface area (Å²) in [4.78, 5) is 50.5. The topological polar surface area (TPSA) is 104 Å². The van der Waals surface area contributed by atoms with E-state index in [0.717, 1.165) is 4.57 Å². The number of hydrogen-bond acceptors (Lipinski definition) is 6. The summed E-state index contributed by atoms with van der Waals surface area (Å²) in [6, 6.07) is 12.1. The van der Waals surface area contributed by atoms with Crippen LogP contribution in [0.15, 0.2) is 82.7 Å². The third-order valence-electron chi connectivity index (χ3n) is 5.66. The summed E-state index contributed by atoms with van der Waals surface area (Å²) in [6.45, 7) is 1.40. The molecule has 35 heavy (non-hydrogen) atoms. The number of fused-ring (bicyclic) bond motifs is 2. The molecule has 10 heteroatoms. The molecule has 0 aliphatic carbocycles. The zero-order chi connectivity index (χ0) is 24.9. The molecule has 0 spiro atoms. The molecule has 0 bridgehead atoms. The number of aromatic nitrogens is 2. The van der Waals surface area contributed by atoms with Gasteiger partial charge in [0.15, 0.2) is 0 Å². The van der Waals surface area contributed by atoms with E-state index in [2.05, 4.69) is 0 Å². The minimum absolute atomic E-state index is 0.00804. The molecule has 2 aromatic carbocycles. The van der Waals surface area contributed by atoms with Gasteiger partial charge in [-0.1, -0.05) is 23.2 Å². The van der Waals surface area contributed by atoms with E-state index in [1.807, 2.05) is 0 Å². The molecular weight excluding hydrogens is 495 g/mol. The van der Waals surface area contributed by atoms with Crippen molar-refractivity contribution in [3.8, 4) is 0 Å². The maximum absolute atomic E-state index is 13.4. The van der Waals surface area contributed by atoms with Crippen molar-refractivity contribution in [2.75, 3.05) is 0 Å². The van der Waals surface area contributed by atoms with E-state index in [1.165, 1.54) is 22.9 Å². The predicted octanol–water partition coefficient (Wildman–Crippen LogP) is 3.93. The van der Waals surface area contributed by atoms with Crippen molar-refractivity contribution in [3.63, 3.8) is 0 Å². The lowest BCUT2D eigenvalue weighted by molar-refractivity contribution is 0.551. The maximum Gasteiger partial charge on any atom is 0.336 e. The van der Waals surface area contributed by atoms with Crippen molar-refractivity contribution < 1.29 is 8.83 Å². The van der Waals surface area contributed by atoms with Crippen LogP contribution in [0, 0.1) is 6.92 Å². The van der Waals surface area contributed by atoms with Crippen LogP contribution in [-0.2, 0) is 13.1 Å². The van der Waals surface area contributed by atoms with Crippen LogP contribution in [0.4, 0.5) is 0 Å². The van der Waals surface area contributed by atoms with Gasteiger partial charge in [-0.2, -0.15) is 0 Å². The van der Waals surface area contributed by atoms with Gasteiger partial charge < -0.3 is 8.83 Å². The zero-order valence-corrected chi connectivity index (χ0v) is 19.7. The Balaban J connectivity index is 1.66. The van der Waals surface area contributed by atoms with Gasteiger partial charge >= 0.3 is 16.9 Å². The van der Waals surface area contributed by atoms with E-state index in [1.54, 1.807) is 43.3 Å². The summed E-state index contributed by atoms with van der Waals surface area (Å²) in [5, 5.41) is 1.93. The maximum atomic E-state index is 13.4. The Bertz CT molecular complexity index is 1880. The number of hydrogen-bond donors (Lipinski definition) is 0. The van der Waals surface area contributed by atoms with Crippen LogP contribution in [0.25, 0.3) is 21.9 Å². The van der Waals surface area contributed by atoms with Gasteiger partial charge in [-0.15, -0.1) is 0 Å². The van der Waals surface area contributed by atoms with Gasteiger partial charge in [0, 0.05) is 44.7 Å². The second-order valence-electron chi connectivity index (χ2n) is 8.08. The monoisotopic (exact) mass is 510 g/mol. The summed E-state index contributed by atoms with van der Waals surface area (Å²) < 4.78 is 12.8. The molecule has 5 aromatic rings. The average molecular weight is 511 g/mol. The van der Waals surface area contributed by atoms with E-state index < -0.39 is 22.5 Å². The highest BCUT2D eigenvalue weighted by atomic mass is 35.5. The molecule has 0 fully saturated rings. The fourth-order valence-electron chi connectivity index (χ4n) is 4.07.